The molecule has 0 N–H and O–H groups in total. The van der Waals surface area contributed by atoms with Crippen molar-refractivity contribution in [3.63, 3.8) is 0 Å². The second-order valence-electron chi connectivity index (χ2n) is 1.86. The highest BCUT2D eigenvalue weighted by atomic mass is 79.9. The third kappa shape index (κ3) is 3.46. The first-order chi connectivity index (χ1) is 5.20. The first-order valence-electron chi connectivity index (χ1n) is 3.66. The van der Waals surface area contributed by atoms with Crippen LogP contribution in [0.25, 0.3) is 0 Å². The molecule has 1 aromatic heterocycles. The van der Waals surface area contributed by atoms with Gasteiger partial charge in [-0.2, -0.15) is 0 Å². The van der Waals surface area contributed by atoms with Crippen LogP contribution >= 0.6 is 15.9 Å². The fraction of sp³-hybridized carbons (Fsp3) is 0.500. The molecule has 62 valence electrons. The number of aromatic nitrogens is 2. The summed E-state index contributed by atoms with van der Waals surface area (Å²) in [4.78, 5) is 8.20. The Hall–Kier alpha value is -0.440. The molecule has 0 aliphatic rings. The Morgan fingerprint density at radius 3 is 2.09 bits per heavy atom. The van der Waals surface area contributed by atoms with Crippen LogP contribution in [0.4, 0.5) is 0 Å². The topological polar surface area (TPSA) is 25.8 Å². The zero-order valence-electron chi connectivity index (χ0n) is 7.35. The van der Waals surface area contributed by atoms with Crippen molar-refractivity contribution in [2.75, 3.05) is 0 Å². The highest BCUT2D eigenvalue weighted by Gasteiger charge is 1.93. The number of rotatable bonds is 0. The van der Waals surface area contributed by atoms with Gasteiger partial charge >= 0.3 is 0 Å². The van der Waals surface area contributed by atoms with E-state index in [1.54, 1.807) is 6.20 Å². The van der Waals surface area contributed by atoms with Gasteiger partial charge in [0.1, 0.15) is 4.60 Å². The van der Waals surface area contributed by atoms with Crippen molar-refractivity contribution < 1.29 is 0 Å². The lowest BCUT2D eigenvalue weighted by atomic mass is 10.4. The Balaban J connectivity index is 0.000000461. The minimum Gasteiger partial charge on any atom is -0.257 e. The Morgan fingerprint density at radius 2 is 1.73 bits per heavy atom. The molecular weight excluding hydrogens is 204 g/mol. The average molecular weight is 217 g/mol. The fourth-order valence-electron chi connectivity index (χ4n) is 0.513. The van der Waals surface area contributed by atoms with Gasteiger partial charge in [-0.15, -0.1) is 0 Å². The molecule has 1 rings (SSSR count). The van der Waals surface area contributed by atoms with Crippen molar-refractivity contribution >= 4 is 15.9 Å². The summed E-state index contributed by atoms with van der Waals surface area (Å²) in [7, 11) is 0. The first-order valence-corrected chi connectivity index (χ1v) is 4.45. The molecule has 0 saturated heterocycles. The zero-order valence-corrected chi connectivity index (χ0v) is 8.94. The molecule has 1 aromatic rings. The summed E-state index contributed by atoms with van der Waals surface area (Å²) in [5.74, 6) is 0. The molecule has 0 spiro atoms. The van der Waals surface area contributed by atoms with Gasteiger partial charge in [-0.05, 0) is 29.8 Å². The smallest absolute Gasteiger partial charge is 0.124 e. The van der Waals surface area contributed by atoms with E-state index in [1.807, 2.05) is 27.7 Å². The van der Waals surface area contributed by atoms with Crippen LogP contribution in [0.15, 0.2) is 10.8 Å². The summed E-state index contributed by atoms with van der Waals surface area (Å²) >= 11 is 3.22. The van der Waals surface area contributed by atoms with Gasteiger partial charge in [0.2, 0.25) is 0 Å². The number of aryl methyl sites for hydroxylation is 2. The van der Waals surface area contributed by atoms with E-state index < -0.39 is 0 Å². The summed E-state index contributed by atoms with van der Waals surface area (Å²) in [5.41, 5.74) is 1.96. The average Bonchev–Trinajstić information content (AvgIpc) is 2.02. The van der Waals surface area contributed by atoms with Gasteiger partial charge in [-0.1, -0.05) is 13.8 Å². The molecule has 11 heavy (non-hydrogen) atoms. The molecule has 0 radical (unpaired) electrons. The van der Waals surface area contributed by atoms with E-state index in [9.17, 15) is 0 Å². The van der Waals surface area contributed by atoms with Gasteiger partial charge in [0.15, 0.2) is 0 Å². The van der Waals surface area contributed by atoms with Crippen LogP contribution in [-0.4, -0.2) is 9.97 Å². The van der Waals surface area contributed by atoms with Gasteiger partial charge in [-0.25, -0.2) is 4.98 Å². The van der Waals surface area contributed by atoms with Crippen LogP contribution in [0.3, 0.4) is 0 Å². The lowest BCUT2D eigenvalue weighted by Gasteiger charge is -1.95. The molecule has 0 saturated carbocycles. The molecule has 0 fully saturated rings. The van der Waals surface area contributed by atoms with Gasteiger partial charge in [0.25, 0.3) is 0 Å². The van der Waals surface area contributed by atoms with E-state index in [1.165, 1.54) is 0 Å². The maximum atomic E-state index is 4.13. The molecule has 2 nitrogen and oxygen atoms in total. The maximum absolute atomic E-state index is 4.13. The number of nitrogens with zero attached hydrogens (tertiary/aromatic N) is 2. The van der Waals surface area contributed by atoms with E-state index in [0.717, 1.165) is 16.0 Å². The largest absolute Gasteiger partial charge is 0.257 e. The third-order valence-corrected chi connectivity index (χ3v) is 1.54. The lowest BCUT2D eigenvalue weighted by Crippen LogP contribution is -1.89. The Morgan fingerprint density at radius 1 is 1.18 bits per heavy atom. The molecule has 0 bridgehead atoms. The number of halogens is 1. The minimum atomic E-state index is 0.797. The second kappa shape index (κ2) is 5.24. The van der Waals surface area contributed by atoms with E-state index >= 15 is 0 Å². The molecular formula is C8H13BrN2. The first kappa shape index (κ1) is 10.6. The van der Waals surface area contributed by atoms with E-state index in [0.29, 0.717) is 0 Å². The Kier molecular flexibility index (Phi) is 5.03. The highest BCUT2D eigenvalue weighted by Crippen LogP contribution is 2.05. The van der Waals surface area contributed by atoms with Gasteiger partial charge in [0, 0.05) is 0 Å². The maximum Gasteiger partial charge on any atom is 0.124 e. The SMILES string of the molecule is CC.Cc1ncc(Br)nc1C. The van der Waals surface area contributed by atoms with Crippen molar-refractivity contribution in [3.8, 4) is 0 Å². The summed E-state index contributed by atoms with van der Waals surface area (Å²) in [5, 5.41) is 0. The summed E-state index contributed by atoms with van der Waals surface area (Å²) in [6.07, 6.45) is 1.70. The zero-order chi connectivity index (χ0) is 8.85. The van der Waals surface area contributed by atoms with Crippen molar-refractivity contribution in [3.05, 3.63) is 22.2 Å². The summed E-state index contributed by atoms with van der Waals surface area (Å²) < 4.78 is 0.797. The van der Waals surface area contributed by atoms with Crippen molar-refractivity contribution in [2.24, 2.45) is 0 Å². The van der Waals surface area contributed by atoms with Crippen LogP contribution in [0.2, 0.25) is 0 Å². The Labute approximate surface area is 76.2 Å². The molecule has 3 heteroatoms. The minimum absolute atomic E-state index is 0.797. The summed E-state index contributed by atoms with van der Waals surface area (Å²) in [6, 6.07) is 0. The predicted octanol–water partition coefficient (Wildman–Crippen LogP) is 2.88. The van der Waals surface area contributed by atoms with Crippen LogP contribution < -0.4 is 0 Å². The van der Waals surface area contributed by atoms with E-state index in [-0.39, 0.29) is 0 Å². The normalized spacial score (nSPS) is 8.45. The lowest BCUT2D eigenvalue weighted by molar-refractivity contribution is 1.03. The molecule has 0 unspecified atom stereocenters. The van der Waals surface area contributed by atoms with Crippen molar-refractivity contribution in [2.45, 2.75) is 27.7 Å². The second-order valence-corrected chi connectivity index (χ2v) is 2.68. The van der Waals surface area contributed by atoms with Gasteiger partial charge in [-0.3, -0.25) is 4.98 Å². The summed E-state index contributed by atoms with van der Waals surface area (Å²) in [6.45, 7) is 7.88. The molecule has 0 aromatic carbocycles. The molecule has 1 heterocycles. The third-order valence-electron chi connectivity index (χ3n) is 1.16. The van der Waals surface area contributed by atoms with Gasteiger partial charge in [0.05, 0.1) is 17.6 Å². The fourth-order valence-corrected chi connectivity index (χ4v) is 0.882. The van der Waals surface area contributed by atoms with Crippen LogP contribution in [0.1, 0.15) is 25.2 Å². The van der Waals surface area contributed by atoms with E-state index in [4.69, 9.17) is 0 Å². The van der Waals surface area contributed by atoms with Gasteiger partial charge < -0.3 is 0 Å². The molecule has 0 atom stereocenters. The van der Waals surface area contributed by atoms with Crippen LogP contribution in [-0.2, 0) is 0 Å². The van der Waals surface area contributed by atoms with Crippen molar-refractivity contribution in [1.29, 1.82) is 0 Å². The highest BCUT2D eigenvalue weighted by molar-refractivity contribution is 9.10. The molecule has 0 amide bonds. The van der Waals surface area contributed by atoms with Crippen molar-refractivity contribution in [1.82, 2.24) is 9.97 Å². The molecule has 0 aliphatic carbocycles. The van der Waals surface area contributed by atoms with Crippen LogP contribution in [0, 0.1) is 13.8 Å². The van der Waals surface area contributed by atoms with Crippen LogP contribution in [0.5, 0.6) is 0 Å². The predicted molar refractivity (Wildman–Crippen MR) is 50.6 cm³/mol. The standard InChI is InChI=1S/C6H7BrN2.C2H6/c1-4-5(2)9-6(7)3-8-4;1-2/h3H,1-2H3;1-2H3. The monoisotopic (exact) mass is 216 g/mol. The number of hydrogen-bond donors (Lipinski definition) is 0. The molecule has 0 aliphatic heterocycles. The van der Waals surface area contributed by atoms with E-state index in [2.05, 4.69) is 25.9 Å². The Bertz CT molecular complexity index is 223. The number of hydrogen-bond acceptors (Lipinski definition) is 2. The quantitative estimate of drug-likeness (QED) is 0.667.